The molecule has 1 saturated heterocycles. The Balaban J connectivity index is 1.94. The van der Waals surface area contributed by atoms with Crippen LogP contribution < -0.4 is 0 Å². The number of rotatable bonds is 6. The fourth-order valence-electron chi connectivity index (χ4n) is 2.18. The average molecular weight is 273 g/mol. The first kappa shape index (κ1) is 12.8. The van der Waals surface area contributed by atoms with Crippen molar-refractivity contribution in [2.45, 2.75) is 43.1 Å². The van der Waals surface area contributed by atoms with Gasteiger partial charge in [-0.05, 0) is 28.8 Å². The molecule has 1 aromatic heterocycles. The van der Waals surface area contributed by atoms with E-state index >= 15 is 0 Å². The summed E-state index contributed by atoms with van der Waals surface area (Å²) >= 11 is 6.19. The van der Waals surface area contributed by atoms with Gasteiger partial charge in [-0.15, -0.1) is 23.5 Å². The van der Waals surface area contributed by atoms with Gasteiger partial charge in [-0.1, -0.05) is 32.6 Å². The van der Waals surface area contributed by atoms with Crippen LogP contribution in [-0.4, -0.2) is 11.5 Å². The lowest BCUT2D eigenvalue weighted by Crippen LogP contribution is -2.13. The molecule has 0 aromatic carbocycles. The predicted molar refractivity (Wildman–Crippen MR) is 79.7 cm³/mol. The zero-order chi connectivity index (χ0) is 11.3. The van der Waals surface area contributed by atoms with E-state index < -0.39 is 0 Å². The molecule has 1 aromatic rings. The number of hydrogen-bond acceptors (Lipinski definition) is 3. The second-order valence-corrected chi connectivity index (χ2v) is 8.10. The van der Waals surface area contributed by atoms with E-state index in [1.165, 1.54) is 43.6 Å². The molecular formula is C13H20S3. The largest absolute Gasteiger partial charge is 0.152 e. The maximum absolute atomic E-state index is 2.35. The van der Waals surface area contributed by atoms with Crippen molar-refractivity contribution in [2.75, 3.05) is 11.5 Å². The van der Waals surface area contributed by atoms with Crippen LogP contribution in [0.25, 0.3) is 0 Å². The smallest absolute Gasteiger partial charge is 0.0868 e. The first-order chi connectivity index (χ1) is 7.87. The van der Waals surface area contributed by atoms with E-state index in [2.05, 4.69) is 47.3 Å². The Morgan fingerprint density at radius 1 is 1.19 bits per heavy atom. The van der Waals surface area contributed by atoms with Gasteiger partial charge in [0.25, 0.3) is 0 Å². The highest BCUT2D eigenvalue weighted by Crippen LogP contribution is 2.55. The summed E-state index contributed by atoms with van der Waals surface area (Å²) in [6.45, 7) is 2.29. The standard InChI is InChI=1S/C13H20S3/c1-2-3-4-5-7-13(15-9-10-16-13)12-6-8-14-11-12/h6,8,11H,2-5,7,9-10H2,1H3. The molecule has 0 bridgehead atoms. The van der Waals surface area contributed by atoms with Gasteiger partial charge in [-0.25, -0.2) is 0 Å². The van der Waals surface area contributed by atoms with Crippen LogP contribution in [0.1, 0.15) is 44.6 Å². The number of hydrogen-bond donors (Lipinski definition) is 0. The minimum absolute atomic E-state index is 0.410. The summed E-state index contributed by atoms with van der Waals surface area (Å²) in [7, 11) is 0. The third-order valence-corrected chi connectivity index (χ3v) is 7.35. The second kappa shape index (κ2) is 6.36. The Labute approximate surface area is 112 Å². The van der Waals surface area contributed by atoms with Gasteiger partial charge in [0.1, 0.15) is 0 Å². The zero-order valence-corrected chi connectivity index (χ0v) is 12.4. The summed E-state index contributed by atoms with van der Waals surface area (Å²) < 4.78 is 0.410. The second-order valence-electron chi connectivity index (χ2n) is 4.27. The van der Waals surface area contributed by atoms with Gasteiger partial charge in [0, 0.05) is 11.5 Å². The molecule has 0 spiro atoms. The van der Waals surface area contributed by atoms with Crippen LogP contribution in [-0.2, 0) is 4.08 Å². The zero-order valence-electron chi connectivity index (χ0n) is 9.91. The summed E-state index contributed by atoms with van der Waals surface area (Å²) in [5.41, 5.74) is 1.57. The van der Waals surface area contributed by atoms with Gasteiger partial charge in [-0.2, -0.15) is 11.3 Å². The van der Waals surface area contributed by atoms with Gasteiger partial charge in [0.15, 0.2) is 0 Å². The van der Waals surface area contributed by atoms with Crippen LogP contribution >= 0.6 is 34.9 Å². The molecule has 0 radical (unpaired) electrons. The van der Waals surface area contributed by atoms with Gasteiger partial charge in [-0.3, -0.25) is 0 Å². The highest BCUT2D eigenvalue weighted by atomic mass is 32.2. The molecule has 2 heterocycles. The Morgan fingerprint density at radius 2 is 2.00 bits per heavy atom. The van der Waals surface area contributed by atoms with E-state index in [0.717, 1.165) is 0 Å². The highest BCUT2D eigenvalue weighted by Gasteiger charge is 2.36. The van der Waals surface area contributed by atoms with E-state index in [4.69, 9.17) is 0 Å². The van der Waals surface area contributed by atoms with Crippen molar-refractivity contribution in [1.82, 2.24) is 0 Å². The molecule has 1 aliphatic rings. The minimum Gasteiger partial charge on any atom is -0.152 e. The topological polar surface area (TPSA) is 0 Å². The summed E-state index contributed by atoms with van der Waals surface area (Å²) in [5, 5.41) is 4.58. The molecule has 0 unspecified atom stereocenters. The van der Waals surface area contributed by atoms with Crippen LogP contribution in [0.2, 0.25) is 0 Å². The highest BCUT2D eigenvalue weighted by molar-refractivity contribution is 8.20. The molecule has 0 atom stereocenters. The number of thioether (sulfide) groups is 2. The normalized spacial score (nSPS) is 19.1. The first-order valence-electron chi connectivity index (χ1n) is 6.18. The average Bonchev–Trinajstić information content (AvgIpc) is 2.95. The van der Waals surface area contributed by atoms with E-state index in [1.807, 2.05) is 11.3 Å². The fraction of sp³-hybridized carbons (Fsp3) is 0.692. The van der Waals surface area contributed by atoms with Crippen LogP contribution in [0.5, 0.6) is 0 Å². The van der Waals surface area contributed by atoms with Crippen molar-refractivity contribution in [3.05, 3.63) is 22.4 Å². The molecule has 1 fully saturated rings. The van der Waals surface area contributed by atoms with Gasteiger partial charge >= 0.3 is 0 Å². The Hall–Kier alpha value is 0.400. The van der Waals surface area contributed by atoms with Crippen molar-refractivity contribution in [2.24, 2.45) is 0 Å². The summed E-state index contributed by atoms with van der Waals surface area (Å²) in [6, 6.07) is 2.33. The molecule has 1 aliphatic heterocycles. The Morgan fingerprint density at radius 3 is 2.62 bits per heavy atom. The predicted octanol–water partition coefficient (Wildman–Crippen LogP) is 5.35. The first-order valence-corrected chi connectivity index (χ1v) is 9.09. The summed E-state index contributed by atoms with van der Waals surface area (Å²) in [6.07, 6.45) is 6.90. The van der Waals surface area contributed by atoms with Crippen molar-refractivity contribution < 1.29 is 0 Å². The van der Waals surface area contributed by atoms with Gasteiger partial charge in [0.2, 0.25) is 0 Å². The summed E-state index contributed by atoms with van der Waals surface area (Å²) in [4.78, 5) is 0. The molecule has 16 heavy (non-hydrogen) atoms. The van der Waals surface area contributed by atoms with Crippen molar-refractivity contribution in [3.63, 3.8) is 0 Å². The molecule has 0 N–H and O–H groups in total. The molecule has 0 amide bonds. The number of unbranched alkanes of at least 4 members (excludes halogenated alkanes) is 3. The van der Waals surface area contributed by atoms with E-state index in [1.54, 1.807) is 5.56 Å². The fourth-order valence-corrected chi connectivity index (χ4v) is 6.38. The number of thiophene rings is 1. The lowest BCUT2D eigenvalue weighted by atomic mass is 10.1. The molecule has 3 heteroatoms. The van der Waals surface area contributed by atoms with Gasteiger partial charge < -0.3 is 0 Å². The van der Waals surface area contributed by atoms with E-state index in [-0.39, 0.29) is 0 Å². The van der Waals surface area contributed by atoms with Crippen LogP contribution in [0.15, 0.2) is 16.8 Å². The molecule has 0 saturated carbocycles. The maximum atomic E-state index is 2.35. The lowest BCUT2D eigenvalue weighted by molar-refractivity contribution is 0.612. The maximum Gasteiger partial charge on any atom is 0.0868 e. The SMILES string of the molecule is CCCCCCC1(c2ccsc2)SCCS1. The van der Waals surface area contributed by atoms with Crippen molar-refractivity contribution >= 4 is 34.9 Å². The quantitative estimate of drug-likeness (QED) is 0.640. The van der Waals surface area contributed by atoms with Crippen LogP contribution in [0, 0.1) is 0 Å². The molecule has 0 nitrogen and oxygen atoms in total. The Bertz CT molecular complexity index is 286. The van der Waals surface area contributed by atoms with Crippen LogP contribution in [0.3, 0.4) is 0 Å². The van der Waals surface area contributed by atoms with E-state index in [9.17, 15) is 0 Å². The van der Waals surface area contributed by atoms with Crippen molar-refractivity contribution in [3.8, 4) is 0 Å². The minimum atomic E-state index is 0.410. The molecule has 90 valence electrons. The van der Waals surface area contributed by atoms with Crippen molar-refractivity contribution in [1.29, 1.82) is 0 Å². The third kappa shape index (κ3) is 2.99. The third-order valence-electron chi connectivity index (χ3n) is 3.07. The molecular weight excluding hydrogens is 252 g/mol. The van der Waals surface area contributed by atoms with E-state index in [0.29, 0.717) is 4.08 Å². The monoisotopic (exact) mass is 272 g/mol. The molecule has 2 rings (SSSR count). The Kier molecular flexibility index (Phi) is 5.11. The van der Waals surface area contributed by atoms with Gasteiger partial charge in [0.05, 0.1) is 4.08 Å². The lowest BCUT2D eigenvalue weighted by Gasteiger charge is -2.26. The molecule has 0 aliphatic carbocycles. The summed E-state index contributed by atoms with van der Waals surface area (Å²) in [5.74, 6) is 2.66. The van der Waals surface area contributed by atoms with Crippen LogP contribution in [0.4, 0.5) is 0 Å².